The number of nitrogens with zero attached hydrogens (tertiary/aromatic N) is 1. The number of hydrogen-bond acceptors (Lipinski definition) is 5. The molecular weight excluding hydrogens is 364 g/mol. The molecule has 5 heteroatoms. The second-order valence-corrected chi connectivity index (χ2v) is 8.02. The normalized spacial score (nSPS) is 22.3. The van der Waals surface area contributed by atoms with Gasteiger partial charge in [-0.25, -0.2) is 0 Å². The maximum absolute atomic E-state index is 11.7. The van der Waals surface area contributed by atoms with Crippen molar-refractivity contribution in [3.05, 3.63) is 70.8 Å². The van der Waals surface area contributed by atoms with Gasteiger partial charge < -0.3 is 9.68 Å². The Balaban J connectivity index is 1.40. The van der Waals surface area contributed by atoms with Crippen molar-refractivity contribution in [3.63, 3.8) is 0 Å². The lowest BCUT2D eigenvalue weighted by Gasteiger charge is -2.20. The average Bonchev–Trinajstić information content (AvgIpc) is 3.27. The quantitative estimate of drug-likeness (QED) is 0.588. The zero-order chi connectivity index (χ0) is 20.1. The fraction of sp³-hybridized carbons (Fsp3) is 0.417. The van der Waals surface area contributed by atoms with Crippen molar-refractivity contribution in [2.75, 3.05) is 6.61 Å². The molecule has 1 saturated carbocycles. The molecule has 1 fully saturated rings. The Kier molecular flexibility index (Phi) is 6.25. The van der Waals surface area contributed by atoms with Gasteiger partial charge in [-0.3, -0.25) is 4.79 Å². The Labute approximate surface area is 171 Å². The van der Waals surface area contributed by atoms with Gasteiger partial charge in [0.1, 0.15) is 6.61 Å². The number of oxime groups is 1. The molecule has 0 spiro atoms. The van der Waals surface area contributed by atoms with Crippen LogP contribution in [-0.2, 0) is 27.3 Å². The van der Waals surface area contributed by atoms with E-state index >= 15 is 0 Å². The molecule has 0 aliphatic heterocycles. The molecule has 2 aliphatic rings. The standard InChI is InChI=1S/C24H28N2O3/c25-29-24(27)21-10-9-18(16-21)19-11-12-22-20(15-19)7-4-8-23(22)26-28-14-13-17-5-2-1-3-6-17/h1-3,5-6,11-12,15,18,21H,4,7-10,13-14,16,25H2. The molecule has 2 N–H and O–H groups in total. The fourth-order valence-corrected chi connectivity index (χ4v) is 4.56. The molecule has 2 aliphatic carbocycles. The smallest absolute Gasteiger partial charge is 0.327 e. The van der Waals surface area contributed by atoms with Crippen molar-refractivity contribution in [1.29, 1.82) is 0 Å². The maximum Gasteiger partial charge on any atom is 0.327 e. The summed E-state index contributed by atoms with van der Waals surface area (Å²) in [5.41, 5.74) is 6.15. The Morgan fingerprint density at radius 2 is 1.97 bits per heavy atom. The monoisotopic (exact) mass is 392 g/mol. The number of carbonyl (C=O) groups excluding carboxylic acids is 1. The van der Waals surface area contributed by atoms with E-state index in [9.17, 15) is 4.79 Å². The average molecular weight is 392 g/mol. The summed E-state index contributed by atoms with van der Waals surface area (Å²) in [5, 5.41) is 4.45. The number of nitrogens with two attached hydrogens (primary N) is 1. The molecule has 0 aromatic heterocycles. The van der Waals surface area contributed by atoms with Crippen LogP contribution in [0.15, 0.2) is 53.7 Å². The molecule has 0 heterocycles. The SMILES string of the molecule is NOC(=O)C1CCC(c2ccc3c(c2)CCCC3=NOCCc2ccccc2)C1. The first-order chi connectivity index (χ1) is 14.2. The first-order valence-electron chi connectivity index (χ1n) is 10.5. The Bertz CT molecular complexity index is 879. The molecule has 2 aromatic carbocycles. The molecular formula is C24H28N2O3. The zero-order valence-corrected chi connectivity index (χ0v) is 16.7. The lowest BCUT2D eigenvalue weighted by molar-refractivity contribution is -0.148. The summed E-state index contributed by atoms with van der Waals surface area (Å²) in [6, 6.07) is 17.0. The molecule has 2 aromatic rings. The van der Waals surface area contributed by atoms with Gasteiger partial charge in [-0.05, 0) is 61.1 Å². The summed E-state index contributed by atoms with van der Waals surface area (Å²) in [7, 11) is 0. The van der Waals surface area contributed by atoms with E-state index < -0.39 is 0 Å². The second kappa shape index (κ2) is 9.23. The first kappa shape index (κ1) is 19.6. The van der Waals surface area contributed by atoms with E-state index in [0.717, 1.165) is 50.7 Å². The van der Waals surface area contributed by atoms with E-state index in [0.29, 0.717) is 12.5 Å². The van der Waals surface area contributed by atoms with Gasteiger partial charge in [-0.1, -0.05) is 53.7 Å². The molecule has 29 heavy (non-hydrogen) atoms. The van der Waals surface area contributed by atoms with Gasteiger partial charge in [0.15, 0.2) is 0 Å². The summed E-state index contributed by atoms with van der Waals surface area (Å²) in [6.45, 7) is 0.585. The minimum absolute atomic E-state index is 0.0730. The van der Waals surface area contributed by atoms with Crippen molar-refractivity contribution in [1.82, 2.24) is 0 Å². The van der Waals surface area contributed by atoms with E-state index in [1.807, 2.05) is 18.2 Å². The van der Waals surface area contributed by atoms with E-state index in [4.69, 9.17) is 10.7 Å². The highest BCUT2D eigenvalue weighted by Crippen LogP contribution is 2.39. The molecule has 2 atom stereocenters. The number of hydrogen-bond donors (Lipinski definition) is 1. The van der Waals surface area contributed by atoms with Gasteiger partial charge in [-0.2, -0.15) is 5.90 Å². The highest BCUT2D eigenvalue weighted by Gasteiger charge is 2.32. The van der Waals surface area contributed by atoms with Crippen molar-refractivity contribution in [2.45, 2.75) is 50.9 Å². The lowest BCUT2D eigenvalue weighted by atomic mass is 9.86. The van der Waals surface area contributed by atoms with Crippen molar-refractivity contribution < 1.29 is 14.5 Å². The van der Waals surface area contributed by atoms with Gasteiger partial charge in [0.05, 0.1) is 11.6 Å². The van der Waals surface area contributed by atoms with Crippen molar-refractivity contribution >= 4 is 11.7 Å². The van der Waals surface area contributed by atoms with E-state index in [2.05, 4.69) is 40.3 Å². The minimum atomic E-state index is -0.285. The number of fused-ring (bicyclic) bond motifs is 1. The number of carbonyl (C=O) groups is 1. The predicted molar refractivity (Wildman–Crippen MR) is 112 cm³/mol. The Morgan fingerprint density at radius 3 is 2.79 bits per heavy atom. The van der Waals surface area contributed by atoms with Crippen LogP contribution in [0.1, 0.15) is 60.3 Å². The van der Waals surface area contributed by atoms with Crippen LogP contribution in [0.5, 0.6) is 0 Å². The topological polar surface area (TPSA) is 73.9 Å². The second-order valence-electron chi connectivity index (χ2n) is 8.02. The maximum atomic E-state index is 11.7. The van der Waals surface area contributed by atoms with Gasteiger partial charge in [0, 0.05) is 12.0 Å². The van der Waals surface area contributed by atoms with Crippen LogP contribution in [0.3, 0.4) is 0 Å². The highest BCUT2D eigenvalue weighted by molar-refractivity contribution is 6.02. The van der Waals surface area contributed by atoms with E-state index in [1.165, 1.54) is 22.3 Å². The number of benzene rings is 2. The largest absolute Gasteiger partial charge is 0.395 e. The lowest BCUT2D eigenvalue weighted by Crippen LogP contribution is -2.18. The summed E-state index contributed by atoms with van der Waals surface area (Å²) in [5.74, 6) is 5.09. The van der Waals surface area contributed by atoms with Gasteiger partial charge in [0.2, 0.25) is 0 Å². The highest BCUT2D eigenvalue weighted by atomic mass is 16.7. The van der Waals surface area contributed by atoms with Crippen LogP contribution < -0.4 is 5.90 Å². The van der Waals surface area contributed by atoms with Crippen molar-refractivity contribution in [2.24, 2.45) is 17.0 Å². The van der Waals surface area contributed by atoms with E-state index in [-0.39, 0.29) is 11.9 Å². The third kappa shape index (κ3) is 4.67. The Morgan fingerprint density at radius 1 is 1.10 bits per heavy atom. The van der Waals surface area contributed by atoms with Crippen LogP contribution in [0.25, 0.3) is 0 Å². The van der Waals surface area contributed by atoms with Crippen LogP contribution in [0, 0.1) is 5.92 Å². The zero-order valence-electron chi connectivity index (χ0n) is 16.7. The van der Waals surface area contributed by atoms with Crippen molar-refractivity contribution in [3.8, 4) is 0 Å². The molecule has 152 valence electrons. The fourth-order valence-electron chi connectivity index (χ4n) is 4.56. The number of rotatable bonds is 6. The third-order valence-corrected chi connectivity index (χ3v) is 6.15. The van der Waals surface area contributed by atoms with Gasteiger partial charge in [0.25, 0.3) is 0 Å². The molecule has 2 unspecified atom stereocenters. The third-order valence-electron chi connectivity index (χ3n) is 6.15. The molecule has 0 radical (unpaired) electrons. The first-order valence-corrected chi connectivity index (χ1v) is 10.5. The summed E-state index contributed by atoms with van der Waals surface area (Å²) < 4.78 is 0. The van der Waals surface area contributed by atoms with Gasteiger partial charge in [-0.15, -0.1) is 0 Å². The van der Waals surface area contributed by atoms with Gasteiger partial charge >= 0.3 is 5.97 Å². The van der Waals surface area contributed by atoms with Crippen LogP contribution >= 0.6 is 0 Å². The van der Waals surface area contributed by atoms with Crippen LogP contribution in [0.2, 0.25) is 0 Å². The molecule has 0 saturated heterocycles. The Hall–Kier alpha value is -2.66. The van der Waals surface area contributed by atoms with Crippen LogP contribution in [0.4, 0.5) is 0 Å². The number of aryl methyl sites for hydroxylation is 1. The van der Waals surface area contributed by atoms with Crippen LogP contribution in [-0.4, -0.2) is 18.3 Å². The summed E-state index contributed by atoms with van der Waals surface area (Å²) in [6.07, 6.45) is 6.63. The molecule has 0 amide bonds. The summed E-state index contributed by atoms with van der Waals surface area (Å²) in [4.78, 5) is 21.8. The summed E-state index contributed by atoms with van der Waals surface area (Å²) >= 11 is 0. The predicted octanol–water partition coefficient (Wildman–Crippen LogP) is 4.29. The molecule has 5 nitrogen and oxygen atoms in total. The molecule has 4 rings (SSSR count). The molecule has 0 bridgehead atoms. The van der Waals surface area contributed by atoms with E-state index in [1.54, 1.807) is 0 Å². The minimum Gasteiger partial charge on any atom is -0.395 e.